The summed E-state index contributed by atoms with van der Waals surface area (Å²) in [5.74, 6) is -0.191. The molecule has 1 aromatic carbocycles. The highest BCUT2D eigenvalue weighted by atomic mass is 35.5. The molecule has 84 valence electrons. The van der Waals surface area contributed by atoms with E-state index in [2.05, 4.69) is 5.32 Å². The number of halogens is 2. The normalized spacial score (nSPS) is 24.9. The van der Waals surface area contributed by atoms with Crippen LogP contribution in [0.25, 0.3) is 0 Å². The zero-order valence-electron chi connectivity index (χ0n) is 8.63. The maximum Gasteiger partial charge on any atom is 0.123 e. The van der Waals surface area contributed by atoms with Gasteiger partial charge in [0.25, 0.3) is 0 Å². The van der Waals surface area contributed by atoms with Crippen LogP contribution in [0.3, 0.4) is 0 Å². The summed E-state index contributed by atoms with van der Waals surface area (Å²) in [6.07, 6.45) is 0.699. The van der Waals surface area contributed by atoms with Crippen LogP contribution in [-0.2, 0) is 11.2 Å². The standard InChI is InChI=1S/C11H14FNO.ClH/c1-11(13-5-6-14-11)8-9-3-2-4-10(12)7-9;/h2-4,7,13H,5-6,8H2,1H3;1H. The molecule has 1 unspecified atom stereocenters. The Balaban J connectivity index is 0.00000112. The Morgan fingerprint density at radius 1 is 1.53 bits per heavy atom. The van der Waals surface area contributed by atoms with Crippen LogP contribution in [-0.4, -0.2) is 18.9 Å². The molecule has 2 rings (SSSR count). The number of nitrogens with one attached hydrogen (secondary N) is 1. The molecule has 1 heterocycles. The Bertz CT molecular complexity index is 326. The average Bonchev–Trinajstić information content (AvgIpc) is 2.51. The van der Waals surface area contributed by atoms with Gasteiger partial charge < -0.3 is 4.74 Å². The predicted molar refractivity (Wildman–Crippen MR) is 59.7 cm³/mol. The first-order valence-electron chi connectivity index (χ1n) is 4.81. The van der Waals surface area contributed by atoms with Gasteiger partial charge >= 0.3 is 0 Å². The van der Waals surface area contributed by atoms with Crippen molar-refractivity contribution in [3.8, 4) is 0 Å². The maximum absolute atomic E-state index is 12.9. The second-order valence-electron chi connectivity index (χ2n) is 3.81. The van der Waals surface area contributed by atoms with Crippen LogP contribution in [0.4, 0.5) is 4.39 Å². The van der Waals surface area contributed by atoms with Crippen molar-refractivity contribution in [3.63, 3.8) is 0 Å². The third kappa shape index (κ3) is 3.16. The molecule has 1 N–H and O–H groups in total. The van der Waals surface area contributed by atoms with Gasteiger partial charge in [-0.05, 0) is 24.6 Å². The van der Waals surface area contributed by atoms with Gasteiger partial charge in [-0.15, -0.1) is 12.4 Å². The van der Waals surface area contributed by atoms with Gasteiger partial charge in [-0.3, -0.25) is 5.32 Å². The van der Waals surface area contributed by atoms with Gasteiger partial charge in [-0.1, -0.05) is 12.1 Å². The molecular weight excluding hydrogens is 217 g/mol. The first kappa shape index (κ1) is 12.4. The van der Waals surface area contributed by atoms with Gasteiger partial charge in [-0.2, -0.15) is 0 Å². The van der Waals surface area contributed by atoms with Crippen molar-refractivity contribution in [3.05, 3.63) is 35.6 Å². The molecule has 0 amide bonds. The predicted octanol–water partition coefficient (Wildman–Crippen LogP) is 2.13. The molecule has 1 aromatic rings. The fraction of sp³-hybridized carbons (Fsp3) is 0.455. The molecule has 15 heavy (non-hydrogen) atoms. The largest absolute Gasteiger partial charge is 0.359 e. The summed E-state index contributed by atoms with van der Waals surface area (Å²) in [5.41, 5.74) is 0.634. The van der Waals surface area contributed by atoms with Crippen LogP contribution >= 0.6 is 12.4 Å². The summed E-state index contributed by atoms with van der Waals surface area (Å²) < 4.78 is 18.5. The molecule has 1 atom stereocenters. The van der Waals surface area contributed by atoms with E-state index in [1.807, 2.05) is 13.0 Å². The smallest absolute Gasteiger partial charge is 0.123 e. The molecule has 0 saturated carbocycles. The van der Waals surface area contributed by atoms with E-state index in [9.17, 15) is 4.39 Å². The van der Waals surface area contributed by atoms with Crippen LogP contribution in [0.15, 0.2) is 24.3 Å². The summed E-state index contributed by atoms with van der Waals surface area (Å²) in [5, 5.41) is 3.26. The van der Waals surface area contributed by atoms with Crippen molar-refractivity contribution in [2.45, 2.75) is 19.1 Å². The summed E-state index contributed by atoms with van der Waals surface area (Å²) in [6.45, 7) is 3.59. The van der Waals surface area contributed by atoms with Crippen molar-refractivity contribution < 1.29 is 9.13 Å². The van der Waals surface area contributed by atoms with E-state index in [-0.39, 0.29) is 23.9 Å². The fourth-order valence-electron chi connectivity index (χ4n) is 1.79. The maximum atomic E-state index is 12.9. The highest BCUT2D eigenvalue weighted by Gasteiger charge is 2.29. The van der Waals surface area contributed by atoms with Gasteiger partial charge in [0, 0.05) is 13.0 Å². The second-order valence-corrected chi connectivity index (χ2v) is 3.81. The lowest BCUT2D eigenvalue weighted by molar-refractivity contribution is 0.00698. The monoisotopic (exact) mass is 231 g/mol. The summed E-state index contributed by atoms with van der Waals surface area (Å²) in [4.78, 5) is 0. The lowest BCUT2D eigenvalue weighted by Gasteiger charge is -2.23. The van der Waals surface area contributed by atoms with Crippen LogP contribution < -0.4 is 5.32 Å². The minimum atomic E-state index is -0.326. The van der Waals surface area contributed by atoms with E-state index >= 15 is 0 Å². The topological polar surface area (TPSA) is 21.3 Å². The SMILES string of the molecule is CC1(Cc2cccc(F)c2)NCCO1.Cl. The highest BCUT2D eigenvalue weighted by molar-refractivity contribution is 5.85. The van der Waals surface area contributed by atoms with E-state index < -0.39 is 0 Å². The average molecular weight is 232 g/mol. The quantitative estimate of drug-likeness (QED) is 0.842. The molecule has 0 aliphatic carbocycles. The molecule has 1 aliphatic heterocycles. The highest BCUT2D eigenvalue weighted by Crippen LogP contribution is 2.18. The van der Waals surface area contributed by atoms with Crippen molar-refractivity contribution >= 4 is 12.4 Å². The Hall–Kier alpha value is -0.640. The zero-order valence-corrected chi connectivity index (χ0v) is 9.44. The summed E-state index contributed by atoms with van der Waals surface area (Å²) >= 11 is 0. The zero-order chi connectivity index (χ0) is 10.0. The van der Waals surface area contributed by atoms with E-state index in [0.717, 1.165) is 18.7 Å². The number of rotatable bonds is 2. The van der Waals surface area contributed by atoms with Gasteiger partial charge in [0.1, 0.15) is 11.5 Å². The van der Waals surface area contributed by atoms with Gasteiger partial charge in [0.05, 0.1) is 6.61 Å². The summed E-state index contributed by atoms with van der Waals surface area (Å²) in [7, 11) is 0. The lowest BCUT2D eigenvalue weighted by atomic mass is 10.0. The molecule has 0 radical (unpaired) electrons. The van der Waals surface area contributed by atoms with E-state index in [4.69, 9.17) is 4.74 Å². The van der Waals surface area contributed by atoms with E-state index in [1.165, 1.54) is 6.07 Å². The molecule has 1 saturated heterocycles. The number of benzene rings is 1. The first-order chi connectivity index (χ1) is 6.68. The van der Waals surface area contributed by atoms with Crippen molar-refractivity contribution in [2.24, 2.45) is 0 Å². The third-order valence-corrected chi connectivity index (χ3v) is 2.45. The van der Waals surface area contributed by atoms with Crippen LogP contribution in [0, 0.1) is 5.82 Å². The summed E-state index contributed by atoms with van der Waals surface area (Å²) in [6, 6.07) is 6.64. The fourth-order valence-corrected chi connectivity index (χ4v) is 1.79. The second kappa shape index (κ2) is 4.92. The first-order valence-corrected chi connectivity index (χ1v) is 4.81. The van der Waals surface area contributed by atoms with Gasteiger partial charge in [-0.25, -0.2) is 4.39 Å². The van der Waals surface area contributed by atoms with Crippen LogP contribution in [0.5, 0.6) is 0 Å². The third-order valence-electron chi connectivity index (χ3n) is 2.45. The van der Waals surface area contributed by atoms with Gasteiger partial charge in [0.15, 0.2) is 0 Å². The van der Waals surface area contributed by atoms with Crippen LogP contribution in [0.1, 0.15) is 12.5 Å². The Labute approximate surface area is 95.2 Å². The van der Waals surface area contributed by atoms with Crippen molar-refractivity contribution in [1.29, 1.82) is 0 Å². The van der Waals surface area contributed by atoms with Gasteiger partial charge in [0.2, 0.25) is 0 Å². The van der Waals surface area contributed by atoms with Crippen LogP contribution in [0.2, 0.25) is 0 Å². The number of hydrogen-bond acceptors (Lipinski definition) is 2. The number of hydrogen-bond donors (Lipinski definition) is 1. The molecule has 1 fully saturated rings. The molecule has 1 aliphatic rings. The Morgan fingerprint density at radius 2 is 2.33 bits per heavy atom. The number of ether oxygens (including phenoxy) is 1. The van der Waals surface area contributed by atoms with E-state index in [0.29, 0.717) is 6.42 Å². The minimum absolute atomic E-state index is 0. The van der Waals surface area contributed by atoms with Crippen molar-refractivity contribution in [2.75, 3.05) is 13.2 Å². The molecule has 0 spiro atoms. The molecule has 0 aromatic heterocycles. The molecule has 0 bridgehead atoms. The molecule has 4 heteroatoms. The van der Waals surface area contributed by atoms with E-state index in [1.54, 1.807) is 12.1 Å². The minimum Gasteiger partial charge on any atom is -0.359 e. The van der Waals surface area contributed by atoms with Crippen molar-refractivity contribution in [1.82, 2.24) is 5.32 Å². The molecular formula is C11H15ClFNO. The Morgan fingerprint density at radius 3 is 2.93 bits per heavy atom. The molecule has 2 nitrogen and oxygen atoms in total. The lowest BCUT2D eigenvalue weighted by Crippen LogP contribution is -2.39. The Kier molecular flexibility index (Phi) is 4.08.